The fourth-order valence-corrected chi connectivity index (χ4v) is 6.01. The average molecular weight is 728 g/mol. The molecule has 3 aromatic carbocycles. The molecule has 0 radical (unpaired) electrons. The van der Waals surface area contributed by atoms with Crippen LogP contribution in [0.25, 0.3) is 0 Å². The van der Waals surface area contributed by atoms with Gasteiger partial charge in [0.2, 0.25) is 23.6 Å². The Hall–Kier alpha value is -5.39. The van der Waals surface area contributed by atoms with Crippen LogP contribution in [-0.2, 0) is 32.1 Å². The molecule has 1 aliphatic heterocycles. The lowest BCUT2D eigenvalue weighted by Crippen LogP contribution is -2.55. The monoisotopic (exact) mass is 727 g/mol. The van der Waals surface area contributed by atoms with E-state index in [4.69, 9.17) is 9.47 Å². The van der Waals surface area contributed by atoms with Gasteiger partial charge >= 0.3 is 0 Å². The van der Waals surface area contributed by atoms with E-state index in [0.29, 0.717) is 31.1 Å². The zero-order valence-corrected chi connectivity index (χ0v) is 31.0. The van der Waals surface area contributed by atoms with Crippen molar-refractivity contribution >= 4 is 29.5 Å². The van der Waals surface area contributed by atoms with Gasteiger partial charge in [0.1, 0.15) is 29.6 Å². The summed E-state index contributed by atoms with van der Waals surface area (Å²) < 4.78 is 11.2. The summed E-state index contributed by atoms with van der Waals surface area (Å²) in [4.78, 5) is 67.9. The Bertz CT molecular complexity index is 1650. The molecule has 0 saturated carbocycles. The number of fused-ring (bicyclic) bond motifs is 1. The smallest absolute Gasteiger partial charge is 0.255 e. The highest BCUT2D eigenvalue weighted by atomic mass is 16.5. The van der Waals surface area contributed by atoms with Gasteiger partial charge in [-0.3, -0.25) is 24.0 Å². The minimum absolute atomic E-state index is 0.0485. The van der Waals surface area contributed by atoms with E-state index in [-0.39, 0.29) is 43.2 Å². The second kappa shape index (κ2) is 21.2. The predicted molar refractivity (Wildman–Crippen MR) is 202 cm³/mol. The zero-order valence-electron chi connectivity index (χ0n) is 31.0. The highest BCUT2D eigenvalue weighted by Gasteiger charge is 2.29. The van der Waals surface area contributed by atoms with Gasteiger partial charge in [0.15, 0.2) is 0 Å². The summed E-state index contributed by atoms with van der Waals surface area (Å²) in [5.74, 6) is -1.03. The van der Waals surface area contributed by atoms with E-state index in [2.05, 4.69) is 26.6 Å². The van der Waals surface area contributed by atoms with Crippen molar-refractivity contribution in [1.29, 1.82) is 0 Å². The molecule has 3 atom stereocenters. The number of rotatable bonds is 8. The third-order valence-corrected chi connectivity index (χ3v) is 8.94. The van der Waals surface area contributed by atoms with Gasteiger partial charge in [-0.1, -0.05) is 81.3 Å². The molecule has 3 aromatic rings. The van der Waals surface area contributed by atoms with Gasteiger partial charge in [0.25, 0.3) is 5.91 Å². The molecule has 1 heterocycles. The molecule has 0 spiro atoms. The number of amides is 5. The molecule has 5 amide bonds. The molecular weight excluding hydrogens is 674 g/mol. The minimum Gasteiger partial charge on any atom is -0.497 e. The topological polar surface area (TPSA) is 164 Å². The quantitative estimate of drug-likeness (QED) is 0.232. The van der Waals surface area contributed by atoms with Gasteiger partial charge in [-0.15, -0.1) is 0 Å². The molecule has 0 saturated heterocycles. The first-order chi connectivity index (χ1) is 25.6. The summed E-state index contributed by atoms with van der Waals surface area (Å²) in [5, 5.41) is 14.4. The first kappa shape index (κ1) is 40.4. The van der Waals surface area contributed by atoms with E-state index >= 15 is 0 Å². The lowest BCUT2D eigenvalue weighted by molar-refractivity contribution is -0.132. The Morgan fingerprint density at radius 2 is 1.53 bits per heavy atom. The maximum absolute atomic E-state index is 13.8. The second-order valence-electron chi connectivity index (χ2n) is 13.7. The molecule has 53 heavy (non-hydrogen) atoms. The van der Waals surface area contributed by atoms with Crippen molar-refractivity contribution in [3.05, 3.63) is 95.6 Å². The molecule has 0 bridgehead atoms. The molecule has 0 fully saturated rings. The molecular formula is C41H53N5O7. The van der Waals surface area contributed by atoms with E-state index in [9.17, 15) is 24.0 Å². The first-order valence-electron chi connectivity index (χ1n) is 18.5. The third-order valence-electron chi connectivity index (χ3n) is 8.94. The van der Waals surface area contributed by atoms with Crippen LogP contribution < -0.4 is 36.1 Å². The lowest BCUT2D eigenvalue weighted by Gasteiger charge is -2.25. The number of para-hydroxylation sites is 1. The van der Waals surface area contributed by atoms with Crippen LogP contribution in [0.5, 0.6) is 11.5 Å². The highest BCUT2D eigenvalue weighted by Crippen LogP contribution is 2.19. The Morgan fingerprint density at radius 3 is 2.26 bits per heavy atom. The van der Waals surface area contributed by atoms with Crippen LogP contribution in [0.3, 0.4) is 0 Å². The minimum atomic E-state index is -1.09. The van der Waals surface area contributed by atoms with Crippen molar-refractivity contribution in [2.75, 3.05) is 20.3 Å². The van der Waals surface area contributed by atoms with Crippen molar-refractivity contribution in [2.24, 2.45) is 5.92 Å². The summed E-state index contributed by atoms with van der Waals surface area (Å²) in [5.41, 5.74) is 1.91. The van der Waals surface area contributed by atoms with E-state index in [1.165, 1.54) is 0 Å². The fraction of sp³-hybridized carbons (Fsp3) is 0.439. The summed E-state index contributed by atoms with van der Waals surface area (Å²) in [7, 11) is 1.57. The van der Waals surface area contributed by atoms with Crippen LogP contribution in [-0.4, -0.2) is 67.9 Å². The molecule has 0 unspecified atom stereocenters. The second-order valence-corrected chi connectivity index (χ2v) is 13.7. The number of carbonyl (C=O) groups is 5. The molecule has 1 aliphatic rings. The SMILES string of the molecule is COc1ccc(CNC(=O)[C@@H]2CCC(=O)N[C@@H](Cc3ccccc3)C(=O)N[C@@H](CC(C)C)C(=O)NCCCCCCOc3ccccc3C(=O)N2)cc1. The number of nitrogens with one attached hydrogen (secondary N) is 5. The third kappa shape index (κ3) is 13.6. The number of ether oxygens (including phenoxy) is 2. The van der Waals surface area contributed by atoms with Crippen LogP contribution >= 0.6 is 0 Å². The zero-order chi connectivity index (χ0) is 38.0. The molecule has 4 rings (SSSR count). The largest absolute Gasteiger partial charge is 0.497 e. The lowest BCUT2D eigenvalue weighted by atomic mass is 10.0. The summed E-state index contributed by atoms with van der Waals surface area (Å²) in [6.07, 6.45) is 3.59. The first-order valence-corrected chi connectivity index (χ1v) is 18.5. The van der Waals surface area contributed by atoms with Gasteiger partial charge < -0.3 is 36.1 Å². The van der Waals surface area contributed by atoms with Gasteiger partial charge in [0.05, 0.1) is 19.3 Å². The Labute approximate surface area is 312 Å². The standard InChI is InChI=1S/C41H53N5O7/c1-28(2)25-34-40(50)42-23-11-4-5-12-24-53-36-16-10-9-15-32(36)38(48)45-33(39(49)43-27-30-17-19-31(52-3)20-18-30)21-22-37(47)44-35(41(51)46-34)26-29-13-7-6-8-14-29/h6-10,13-20,28,33-35H,4-5,11-12,21-27H2,1-3H3,(H,42,50)(H,43,49)(H,44,47)(H,45,48)(H,46,51)/t33-,34-,35-/m0/s1. The number of hydrogen-bond acceptors (Lipinski definition) is 7. The summed E-state index contributed by atoms with van der Waals surface area (Å²) >= 11 is 0. The van der Waals surface area contributed by atoms with Gasteiger partial charge in [-0.25, -0.2) is 0 Å². The van der Waals surface area contributed by atoms with Crippen molar-refractivity contribution in [3.63, 3.8) is 0 Å². The summed E-state index contributed by atoms with van der Waals surface area (Å²) in [6, 6.07) is 20.5. The van der Waals surface area contributed by atoms with E-state index in [1.54, 1.807) is 43.5 Å². The van der Waals surface area contributed by atoms with Crippen molar-refractivity contribution < 1.29 is 33.4 Å². The average Bonchev–Trinajstić information content (AvgIpc) is 3.16. The van der Waals surface area contributed by atoms with Crippen LogP contribution in [0.15, 0.2) is 78.9 Å². The van der Waals surface area contributed by atoms with E-state index < -0.39 is 41.8 Å². The normalized spacial score (nSPS) is 19.8. The molecule has 0 aliphatic carbocycles. The number of benzene rings is 3. The molecule has 12 heteroatoms. The summed E-state index contributed by atoms with van der Waals surface area (Å²) in [6.45, 7) is 4.99. The van der Waals surface area contributed by atoms with E-state index in [1.807, 2.05) is 56.3 Å². The maximum atomic E-state index is 13.8. The Kier molecular flexibility index (Phi) is 16.2. The molecule has 12 nitrogen and oxygen atoms in total. The van der Waals surface area contributed by atoms with Crippen molar-refractivity contribution in [3.8, 4) is 11.5 Å². The van der Waals surface area contributed by atoms with Crippen LogP contribution in [0.4, 0.5) is 0 Å². The molecule has 0 aromatic heterocycles. The van der Waals surface area contributed by atoms with Gasteiger partial charge in [-0.05, 0) is 67.0 Å². The van der Waals surface area contributed by atoms with Crippen LogP contribution in [0.2, 0.25) is 0 Å². The number of methoxy groups -OCH3 is 1. The highest BCUT2D eigenvalue weighted by molar-refractivity contribution is 6.00. The van der Waals surface area contributed by atoms with Crippen LogP contribution in [0.1, 0.15) is 80.3 Å². The Balaban J connectivity index is 1.57. The van der Waals surface area contributed by atoms with Crippen molar-refractivity contribution in [1.82, 2.24) is 26.6 Å². The van der Waals surface area contributed by atoms with Gasteiger partial charge in [0, 0.05) is 25.9 Å². The van der Waals surface area contributed by atoms with Crippen LogP contribution in [0, 0.1) is 5.92 Å². The molecule has 5 N–H and O–H groups in total. The fourth-order valence-electron chi connectivity index (χ4n) is 6.01. The molecule has 284 valence electrons. The number of hydrogen-bond donors (Lipinski definition) is 5. The van der Waals surface area contributed by atoms with E-state index in [0.717, 1.165) is 36.8 Å². The van der Waals surface area contributed by atoms with Gasteiger partial charge in [-0.2, -0.15) is 0 Å². The maximum Gasteiger partial charge on any atom is 0.255 e. The predicted octanol–water partition coefficient (Wildman–Crippen LogP) is 4.22. The Morgan fingerprint density at radius 1 is 0.811 bits per heavy atom. The van der Waals surface area contributed by atoms with Crippen molar-refractivity contribution in [2.45, 2.75) is 89.9 Å². The number of carbonyl (C=O) groups excluding carboxylic acids is 5.